The predicted molar refractivity (Wildman–Crippen MR) is 87.5 cm³/mol. The maximum Gasteiger partial charge on any atom is 0.183 e. The first-order valence-electron chi connectivity index (χ1n) is 9.06. The summed E-state index contributed by atoms with van der Waals surface area (Å²) in [5.74, 6) is -0.180. The molecular weight excluding hydrogens is 322 g/mol. The number of aliphatic hydroxyl groups is 2. The van der Waals surface area contributed by atoms with Crippen LogP contribution in [-0.2, 0) is 14.3 Å². The van der Waals surface area contributed by atoms with Crippen molar-refractivity contribution in [1.29, 1.82) is 0 Å². The molecule has 0 aromatic carbocycles. The van der Waals surface area contributed by atoms with E-state index < -0.39 is 22.7 Å². The van der Waals surface area contributed by atoms with Crippen LogP contribution in [0.1, 0.15) is 39.0 Å². The van der Waals surface area contributed by atoms with E-state index in [2.05, 4.69) is 4.90 Å². The summed E-state index contributed by atoms with van der Waals surface area (Å²) < 4.78 is 6.06. The number of piperidine rings is 1. The van der Waals surface area contributed by atoms with Crippen LogP contribution in [0.4, 0.5) is 0 Å². The van der Waals surface area contributed by atoms with E-state index in [0.717, 1.165) is 17.7 Å². The van der Waals surface area contributed by atoms with Crippen LogP contribution in [0.5, 0.6) is 0 Å². The highest BCUT2D eigenvalue weighted by atomic mass is 16.5. The van der Waals surface area contributed by atoms with Crippen molar-refractivity contribution >= 4 is 11.6 Å². The molecule has 0 aromatic heterocycles. The maximum atomic E-state index is 12.7. The second-order valence-corrected chi connectivity index (χ2v) is 8.36. The lowest BCUT2D eigenvalue weighted by atomic mass is 9.47. The monoisotopic (exact) mass is 345 g/mol. The van der Waals surface area contributed by atoms with Gasteiger partial charge in [0.25, 0.3) is 0 Å². The normalized spacial score (nSPS) is 48.0. The SMILES string of the molecule is CC(=O)C1(O)CC=C2C[C@H]3N(C)CC[C@]45C2=C1O[C@H]4C(=O)CC[C@@]35O. The molecule has 5 atom stereocenters. The number of ketones is 2. The van der Waals surface area contributed by atoms with Crippen LogP contribution >= 0.6 is 0 Å². The molecule has 1 spiro atoms. The van der Waals surface area contributed by atoms with Crippen LogP contribution in [-0.4, -0.2) is 63.6 Å². The fourth-order valence-electron chi connectivity index (χ4n) is 6.10. The van der Waals surface area contributed by atoms with E-state index in [4.69, 9.17) is 4.74 Å². The largest absolute Gasteiger partial charge is 0.482 e. The summed E-state index contributed by atoms with van der Waals surface area (Å²) >= 11 is 0. The average molecular weight is 345 g/mol. The fraction of sp³-hybridized carbons (Fsp3) is 0.684. The van der Waals surface area contributed by atoms with Crippen LogP contribution in [0.25, 0.3) is 0 Å². The molecule has 5 rings (SSSR count). The van der Waals surface area contributed by atoms with Crippen LogP contribution in [0, 0.1) is 5.41 Å². The van der Waals surface area contributed by atoms with Crippen molar-refractivity contribution < 1.29 is 24.5 Å². The van der Waals surface area contributed by atoms with Gasteiger partial charge in [-0.1, -0.05) is 6.08 Å². The number of hydrogen-bond donors (Lipinski definition) is 2. The van der Waals surface area contributed by atoms with Crippen molar-refractivity contribution in [1.82, 2.24) is 4.90 Å². The lowest BCUT2D eigenvalue weighted by Crippen LogP contribution is -2.74. The number of carbonyl (C=O) groups excluding carboxylic acids is 2. The van der Waals surface area contributed by atoms with Gasteiger partial charge in [0.2, 0.25) is 0 Å². The Morgan fingerprint density at radius 3 is 2.84 bits per heavy atom. The second-order valence-electron chi connectivity index (χ2n) is 8.36. The molecule has 0 amide bonds. The van der Waals surface area contributed by atoms with Crippen molar-refractivity contribution in [3.63, 3.8) is 0 Å². The summed E-state index contributed by atoms with van der Waals surface area (Å²) in [6.07, 6.45) is 3.22. The van der Waals surface area contributed by atoms with Crippen molar-refractivity contribution in [3.05, 3.63) is 23.0 Å². The van der Waals surface area contributed by atoms with Crippen molar-refractivity contribution in [2.24, 2.45) is 5.41 Å². The number of hydrogen-bond acceptors (Lipinski definition) is 6. The molecule has 2 bridgehead atoms. The van der Waals surface area contributed by atoms with Gasteiger partial charge < -0.3 is 19.8 Å². The minimum Gasteiger partial charge on any atom is -0.482 e. The Morgan fingerprint density at radius 2 is 2.12 bits per heavy atom. The molecule has 5 aliphatic rings. The minimum absolute atomic E-state index is 0.0328. The minimum atomic E-state index is -1.72. The molecule has 6 heteroatoms. The lowest BCUT2D eigenvalue weighted by Gasteiger charge is -2.63. The van der Waals surface area contributed by atoms with E-state index >= 15 is 0 Å². The number of ether oxygens (including phenoxy) is 1. The first-order chi connectivity index (χ1) is 11.8. The van der Waals surface area contributed by atoms with Crippen molar-refractivity contribution in [3.8, 4) is 0 Å². The van der Waals surface area contributed by atoms with E-state index in [1.807, 2.05) is 13.1 Å². The summed E-state index contributed by atoms with van der Waals surface area (Å²) in [4.78, 5) is 27.1. The smallest absolute Gasteiger partial charge is 0.183 e. The number of Topliss-reactive ketones (excluding diaryl/α,β-unsaturated/α-hetero) is 2. The zero-order valence-electron chi connectivity index (χ0n) is 14.5. The Balaban J connectivity index is 1.81. The average Bonchev–Trinajstić information content (AvgIpc) is 2.92. The van der Waals surface area contributed by atoms with Crippen molar-refractivity contribution in [2.45, 2.75) is 62.4 Å². The highest BCUT2D eigenvalue weighted by Gasteiger charge is 2.75. The third-order valence-corrected chi connectivity index (χ3v) is 7.45. The second kappa shape index (κ2) is 4.42. The summed E-state index contributed by atoms with van der Waals surface area (Å²) in [6.45, 7) is 2.10. The van der Waals surface area contributed by atoms with Gasteiger partial charge in [0, 0.05) is 24.5 Å². The van der Waals surface area contributed by atoms with Crippen molar-refractivity contribution in [2.75, 3.05) is 13.6 Å². The van der Waals surface area contributed by atoms with Gasteiger partial charge in [-0.15, -0.1) is 0 Å². The molecule has 2 N–H and O–H groups in total. The van der Waals surface area contributed by atoms with E-state index in [9.17, 15) is 19.8 Å². The zero-order chi connectivity index (χ0) is 17.8. The quantitative estimate of drug-likeness (QED) is 0.719. The summed E-state index contributed by atoms with van der Waals surface area (Å²) in [7, 11) is 2.02. The number of rotatable bonds is 1. The molecule has 2 aliphatic heterocycles. The maximum absolute atomic E-state index is 12.7. The summed E-state index contributed by atoms with van der Waals surface area (Å²) in [6, 6.07) is -0.0710. The molecule has 134 valence electrons. The number of likely N-dealkylation sites (tertiary alicyclic amines) is 1. The fourth-order valence-corrected chi connectivity index (χ4v) is 6.10. The molecule has 2 saturated carbocycles. The molecule has 3 fully saturated rings. The van der Waals surface area contributed by atoms with Crippen LogP contribution in [0.3, 0.4) is 0 Å². The number of nitrogens with zero attached hydrogens (tertiary/aromatic N) is 1. The molecule has 2 heterocycles. The van der Waals surface area contributed by atoms with Gasteiger partial charge >= 0.3 is 0 Å². The van der Waals surface area contributed by atoms with Gasteiger partial charge in [0.1, 0.15) is 5.76 Å². The van der Waals surface area contributed by atoms with Crippen LogP contribution in [0.2, 0.25) is 0 Å². The van der Waals surface area contributed by atoms with Gasteiger partial charge in [-0.3, -0.25) is 9.59 Å². The van der Waals surface area contributed by atoms with E-state index in [0.29, 0.717) is 19.3 Å². The van der Waals surface area contributed by atoms with Gasteiger partial charge in [-0.25, -0.2) is 0 Å². The van der Waals surface area contributed by atoms with Crippen LogP contribution in [0.15, 0.2) is 23.0 Å². The Hall–Kier alpha value is -1.50. The molecule has 1 unspecified atom stereocenters. The van der Waals surface area contributed by atoms with E-state index in [-0.39, 0.29) is 36.2 Å². The topological polar surface area (TPSA) is 87.1 Å². The highest BCUT2D eigenvalue weighted by Crippen LogP contribution is 2.68. The predicted octanol–water partition coefficient (Wildman–Crippen LogP) is 0.478. The molecular formula is C19H23NO5. The van der Waals surface area contributed by atoms with Gasteiger partial charge in [0.15, 0.2) is 23.3 Å². The summed E-state index contributed by atoms with van der Waals surface area (Å²) in [5.41, 5.74) is -1.84. The lowest BCUT2D eigenvalue weighted by molar-refractivity contribution is -0.208. The molecule has 1 saturated heterocycles. The Kier molecular flexibility index (Phi) is 2.78. The standard InChI is InChI=1S/C19H23NO5/c1-10(21)18(23)5-3-11-9-13-19(24)6-4-12(22)15-17(19,7-8-20(13)2)14(11)16(18)25-15/h3,13,15,23-24H,4-9H2,1-2H3/t13-,15+,17+,18?,19-/m1/s1. The molecule has 0 radical (unpaired) electrons. The molecule has 0 aromatic rings. The zero-order valence-corrected chi connectivity index (χ0v) is 14.5. The third-order valence-electron chi connectivity index (χ3n) is 7.45. The van der Waals surface area contributed by atoms with E-state index in [1.165, 1.54) is 6.92 Å². The number of likely N-dealkylation sites (N-methyl/N-ethyl adjacent to an activating group) is 1. The Labute approximate surface area is 146 Å². The highest BCUT2D eigenvalue weighted by molar-refractivity contribution is 5.92. The molecule has 25 heavy (non-hydrogen) atoms. The van der Waals surface area contributed by atoms with Gasteiger partial charge in [-0.2, -0.15) is 0 Å². The van der Waals surface area contributed by atoms with Gasteiger partial charge in [0.05, 0.1) is 11.0 Å². The first-order valence-corrected chi connectivity index (χ1v) is 9.06. The van der Waals surface area contributed by atoms with Crippen LogP contribution < -0.4 is 0 Å². The molecule has 6 nitrogen and oxygen atoms in total. The Bertz CT molecular complexity index is 785. The third kappa shape index (κ3) is 1.50. The van der Waals surface area contributed by atoms with E-state index in [1.54, 1.807) is 0 Å². The number of carbonyl (C=O) groups is 2. The Morgan fingerprint density at radius 1 is 1.36 bits per heavy atom. The van der Waals surface area contributed by atoms with Gasteiger partial charge in [-0.05, 0) is 45.4 Å². The molecule has 3 aliphatic carbocycles. The summed E-state index contributed by atoms with van der Waals surface area (Å²) in [5, 5.41) is 22.8. The first kappa shape index (κ1) is 15.7.